The van der Waals surface area contributed by atoms with Crippen LogP contribution in [0.15, 0.2) is 42.5 Å². The van der Waals surface area contributed by atoms with Crippen molar-refractivity contribution in [1.82, 2.24) is 4.90 Å². The van der Waals surface area contributed by atoms with Crippen LogP contribution in [0, 0.1) is 13.8 Å². The summed E-state index contributed by atoms with van der Waals surface area (Å²) in [6.07, 6.45) is 2.01. The van der Waals surface area contributed by atoms with E-state index in [1.807, 2.05) is 61.2 Å². The smallest absolute Gasteiger partial charge is 0.232 e. The number of rotatable bonds is 8. The van der Waals surface area contributed by atoms with Crippen molar-refractivity contribution in [2.75, 3.05) is 55.3 Å². The fraction of sp³-hybridized carbons (Fsp3) is 0.458. The molecule has 32 heavy (non-hydrogen) atoms. The van der Waals surface area contributed by atoms with Crippen molar-refractivity contribution in [2.24, 2.45) is 0 Å². The summed E-state index contributed by atoms with van der Waals surface area (Å²) in [4.78, 5) is 16.8. The molecule has 0 spiro atoms. The normalized spacial score (nSPS) is 14.4. The lowest BCUT2D eigenvalue weighted by molar-refractivity contribution is -0.131. The molecule has 0 radical (unpaired) electrons. The lowest BCUT2D eigenvalue weighted by Gasteiger charge is -2.36. The summed E-state index contributed by atoms with van der Waals surface area (Å²) in [6, 6.07) is 13.5. The molecule has 7 nitrogen and oxygen atoms in total. The van der Waals surface area contributed by atoms with Crippen LogP contribution in [-0.4, -0.2) is 65.3 Å². The molecule has 1 saturated heterocycles. The second kappa shape index (κ2) is 10.3. The second-order valence-electron chi connectivity index (χ2n) is 8.25. The van der Waals surface area contributed by atoms with Gasteiger partial charge in [0.1, 0.15) is 5.75 Å². The van der Waals surface area contributed by atoms with E-state index in [-0.39, 0.29) is 12.5 Å². The number of nitrogens with zero attached hydrogens (tertiary/aromatic N) is 3. The summed E-state index contributed by atoms with van der Waals surface area (Å²) < 4.78 is 31.5. The van der Waals surface area contributed by atoms with Gasteiger partial charge >= 0.3 is 0 Å². The van der Waals surface area contributed by atoms with Gasteiger partial charge < -0.3 is 14.5 Å². The van der Waals surface area contributed by atoms with Crippen LogP contribution >= 0.6 is 0 Å². The van der Waals surface area contributed by atoms with Gasteiger partial charge in [-0.1, -0.05) is 18.2 Å². The van der Waals surface area contributed by atoms with Gasteiger partial charge in [0, 0.05) is 39.1 Å². The van der Waals surface area contributed by atoms with Crippen LogP contribution < -0.4 is 13.9 Å². The summed E-state index contributed by atoms with van der Waals surface area (Å²) in [5, 5.41) is 0. The standard InChI is InChI=1S/C24H33N3O4S/c1-19-11-12-21(18-20(19)2)27(32(4,29)30)13-7-10-24(28)26-16-14-25(15-17-26)22-8-5-6-9-23(22)31-3/h5-6,8-9,11-12,18H,7,10,13-17H2,1-4H3. The zero-order valence-electron chi connectivity index (χ0n) is 19.4. The fourth-order valence-electron chi connectivity index (χ4n) is 3.99. The molecular formula is C24H33N3O4S. The lowest BCUT2D eigenvalue weighted by atomic mass is 10.1. The number of piperazine rings is 1. The van der Waals surface area contributed by atoms with E-state index in [0.717, 1.165) is 35.7 Å². The maximum Gasteiger partial charge on any atom is 0.232 e. The molecule has 1 aliphatic rings. The monoisotopic (exact) mass is 459 g/mol. The zero-order chi connectivity index (χ0) is 23.3. The highest BCUT2D eigenvalue weighted by Crippen LogP contribution is 2.28. The molecule has 8 heteroatoms. The molecule has 0 aliphatic carbocycles. The van der Waals surface area contributed by atoms with E-state index in [9.17, 15) is 13.2 Å². The van der Waals surface area contributed by atoms with Crippen LogP contribution in [0.1, 0.15) is 24.0 Å². The molecule has 1 heterocycles. The average Bonchev–Trinajstić information content (AvgIpc) is 2.78. The third-order valence-electron chi connectivity index (χ3n) is 5.99. The van der Waals surface area contributed by atoms with E-state index in [1.165, 1.54) is 10.6 Å². The quantitative estimate of drug-likeness (QED) is 0.606. The lowest BCUT2D eigenvalue weighted by Crippen LogP contribution is -2.49. The molecule has 1 amide bonds. The van der Waals surface area contributed by atoms with Crippen LogP contribution in [0.3, 0.4) is 0 Å². The van der Waals surface area contributed by atoms with E-state index in [4.69, 9.17) is 4.74 Å². The number of ether oxygens (including phenoxy) is 1. The van der Waals surface area contributed by atoms with E-state index >= 15 is 0 Å². The summed E-state index contributed by atoms with van der Waals surface area (Å²) in [6.45, 7) is 7.01. The van der Waals surface area contributed by atoms with Crippen molar-refractivity contribution < 1.29 is 17.9 Å². The Kier molecular flexibility index (Phi) is 7.66. The SMILES string of the molecule is COc1ccccc1N1CCN(C(=O)CCCN(c2ccc(C)c(C)c2)S(C)(=O)=O)CC1. The Bertz CT molecular complexity index is 1050. The Balaban J connectivity index is 1.54. The number of amides is 1. The predicted octanol–water partition coefficient (Wildman–Crippen LogP) is 3.21. The topological polar surface area (TPSA) is 70.2 Å². The second-order valence-corrected chi connectivity index (χ2v) is 10.2. The van der Waals surface area contributed by atoms with Crippen LogP contribution in [0.4, 0.5) is 11.4 Å². The maximum absolute atomic E-state index is 12.7. The molecule has 2 aromatic rings. The van der Waals surface area contributed by atoms with Gasteiger partial charge in [0.2, 0.25) is 15.9 Å². The highest BCUT2D eigenvalue weighted by atomic mass is 32.2. The molecular weight excluding hydrogens is 426 g/mol. The molecule has 174 valence electrons. The number of sulfonamides is 1. The van der Waals surface area contributed by atoms with Crippen LogP contribution in [0.5, 0.6) is 5.75 Å². The van der Waals surface area contributed by atoms with Crippen LogP contribution in [0.2, 0.25) is 0 Å². The number of hydrogen-bond acceptors (Lipinski definition) is 5. The van der Waals surface area contributed by atoms with Crippen LogP contribution in [0.25, 0.3) is 0 Å². The minimum Gasteiger partial charge on any atom is -0.495 e. The van der Waals surface area contributed by atoms with Crippen molar-refractivity contribution in [2.45, 2.75) is 26.7 Å². The summed E-state index contributed by atoms with van der Waals surface area (Å²) in [5.74, 6) is 0.901. The Morgan fingerprint density at radius 1 is 1.03 bits per heavy atom. The molecule has 0 saturated carbocycles. The Morgan fingerprint density at radius 2 is 1.72 bits per heavy atom. The Morgan fingerprint density at radius 3 is 2.34 bits per heavy atom. The maximum atomic E-state index is 12.7. The number of carbonyl (C=O) groups excluding carboxylic acids is 1. The first-order valence-electron chi connectivity index (χ1n) is 10.9. The van der Waals surface area contributed by atoms with Crippen molar-refractivity contribution in [3.63, 3.8) is 0 Å². The first-order chi connectivity index (χ1) is 15.2. The number of anilines is 2. The third-order valence-corrected chi connectivity index (χ3v) is 7.18. The predicted molar refractivity (Wildman–Crippen MR) is 129 cm³/mol. The Labute approximate surface area is 191 Å². The number of para-hydroxylation sites is 2. The molecule has 0 unspecified atom stereocenters. The van der Waals surface area contributed by atoms with E-state index in [0.29, 0.717) is 31.6 Å². The molecule has 3 rings (SSSR count). The van der Waals surface area contributed by atoms with Crippen molar-refractivity contribution in [3.05, 3.63) is 53.6 Å². The van der Waals surface area contributed by atoms with Gasteiger partial charge in [0.05, 0.1) is 24.7 Å². The molecule has 0 bridgehead atoms. The highest BCUT2D eigenvalue weighted by molar-refractivity contribution is 7.92. The molecule has 2 aromatic carbocycles. The molecule has 1 aliphatic heterocycles. The molecule has 0 atom stereocenters. The molecule has 1 fully saturated rings. The average molecular weight is 460 g/mol. The van der Waals surface area contributed by atoms with Gasteiger partial charge in [0.25, 0.3) is 0 Å². The number of aryl methyl sites for hydroxylation is 2. The van der Waals surface area contributed by atoms with E-state index in [2.05, 4.69) is 4.90 Å². The van der Waals surface area contributed by atoms with Gasteiger partial charge in [-0.05, 0) is 55.7 Å². The number of benzene rings is 2. The summed E-state index contributed by atoms with van der Waals surface area (Å²) in [5.41, 5.74) is 3.84. The fourth-order valence-corrected chi connectivity index (χ4v) is 4.94. The van der Waals surface area contributed by atoms with Crippen LogP contribution in [-0.2, 0) is 14.8 Å². The largest absolute Gasteiger partial charge is 0.495 e. The van der Waals surface area contributed by atoms with Crippen molar-refractivity contribution in [1.29, 1.82) is 0 Å². The van der Waals surface area contributed by atoms with Gasteiger partial charge in [-0.3, -0.25) is 9.10 Å². The van der Waals surface area contributed by atoms with Gasteiger partial charge in [-0.25, -0.2) is 8.42 Å². The third kappa shape index (κ3) is 5.73. The molecule has 0 N–H and O–H groups in total. The van der Waals surface area contributed by atoms with E-state index < -0.39 is 10.0 Å². The van der Waals surface area contributed by atoms with Gasteiger partial charge in [-0.15, -0.1) is 0 Å². The first kappa shape index (κ1) is 23.9. The number of methoxy groups -OCH3 is 1. The zero-order valence-corrected chi connectivity index (χ0v) is 20.2. The molecule has 0 aromatic heterocycles. The van der Waals surface area contributed by atoms with Crippen molar-refractivity contribution >= 4 is 27.3 Å². The van der Waals surface area contributed by atoms with Gasteiger partial charge in [-0.2, -0.15) is 0 Å². The van der Waals surface area contributed by atoms with Crippen molar-refractivity contribution in [3.8, 4) is 5.75 Å². The summed E-state index contributed by atoms with van der Waals surface area (Å²) in [7, 11) is -1.76. The number of carbonyl (C=O) groups is 1. The minimum atomic E-state index is -3.43. The first-order valence-corrected chi connectivity index (χ1v) is 12.8. The highest BCUT2D eigenvalue weighted by Gasteiger charge is 2.23. The summed E-state index contributed by atoms with van der Waals surface area (Å²) >= 11 is 0. The van der Waals surface area contributed by atoms with E-state index in [1.54, 1.807) is 7.11 Å². The Hall–Kier alpha value is -2.74. The minimum absolute atomic E-state index is 0.0678. The van der Waals surface area contributed by atoms with Gasteiger partial charge in [0.15, 0.2) is 0 Å². The number of hydrogen-bond donors (Lipinski definition) is 0.